The number of aromatic nitrogens is 3. The summed E-state index contributed by atoms with van der Waals surface area (Å²) in [6.45, 7) is 0. The van der Waals surface area contributed by atoms with E-state index in [1.54, 1.807) is 0 Å². The molecule has 0 aliphatic rings. The molecular weight excluding hydrogens is 623 g/mol. The predicted molar refractivity (Wildman–Crippen MR) is 209 cm³/mol. The van der Waals surface area contributed by atoms with Crippen LogP contribution in [-0.4, -0.2) is 15.0 Å². The minimum atomic E-state index is 0.602. The molecule has 0 saturated carbocycles. The maximum absolute atomic E-state index is 6.70. The highest BCUT2D eigenvalue weighted by Gasteiger charge is 2.20. The molecule has 51 heavy (non-hydrogen) atoms. The Bertz CT molecular complexity index is 2830. The largest absolute Gasteiger partial charge is 0.455 e. The van der Waals surface area contributed by atoms with E-state index in [4.69, 9.17) is 19.4 Å². The molecule has 0 aliphatic heterocycles. The van der Waals surface area contributed by atoms with Crippen LogP contribution in [0.15, 0.2) is 180 Å². The van der Waals surface area contributed by atoms with Gasteiger partial charge in [-0.1, -0.05) is 164 Å². The van der Waals surface area contributed by atoms with Gasteiger partial charge in [-0.3, -0.25) is 0 Å². The molecule has 0 aliphatic carbocycles. The van der Waals surface area contributed by atoms with Gasteiger partial charge in [0.2, 0.25) is 0 Å². The van der Waals surface area contributed by atoms with Crippen LogP contribution in [0.1, 0.15) is 0 Å². The van der Waals surface area contributed by atoms with Crippen molar-refractivity contribution in [2.24, 2.45) is 0 Å². The molecule has 0 radical (unpaired) electrons. The lowest BCUT2D eigenvalue weighted by Gasteiger charge is -2.11. The topological polar surface area (TPSA) is 51.8 Å². The van der Waals surface area contributed by atoms with Crippen molar-refractivity contribution in [3.05, 3.63) is 176 Å². The van der Waals surface area contributed by atoms with Gasteiger partial charge < -0.3 is 4.42 Å². The number of nitrogens with zero attached hydrogens (tertiary/aromatic N) is 3. The van der Waals surface area contributed by atoms with Crippen LogP contribution in [-0.2, 0) is 0 Å². The number of rotatable bonds is 5. The first-order chi connectivity index (χ1) is 25.3. The minimum absolute atomic E-state index is 0.602. The standard InChI is InChI=1S/C47H29N3O/c1-3-14-33(15-4-1)45-48-46(34-16-5-2-6-17-34)50-47(49-45)39-23-12-24-42-43(39)41-29-40(37-20-9-10-21-38(37)44(41)51-42)32-27-25-31(26-28-32)36-22-11-18-30-13-7-8-19-35(30)36/h1-29H. The first-order valence-corrected chi connectivity index (χ1v) is 17.1. The lowest BCUT2D eigenvalue weighted by molar-refractivity contribution is 0.673. The van der Waals surface area contributed by atoms with Crippen molar-refractivity contribution in [2.75, 3.05) is 0 Å². The van der Waals surface area contributed by atoms with Crippen LogP contribution in [0.25, 0.3) is 99.9 Å². The Labute approximate surface area is 294 Å². The smallest absolute Gasteiger partial charge is 0.164 e. The quantitative estimate of drug-likeness (QED) is 0.186. The first-order valence-electron chi connectivity index (χ1n) is 17.1. The highest BCUT2D eigenvalue weighted by atomic mass is 16.3. The second kappa shape index (κ2) is 11.9. The average molecular weight is 652 g/mol. The Morgan fingerprint density at radius 3 is 1.57 bits per heavy atom. The van der Waals surface area contributed by atoms with Gasteiger partial charge in [0.15, 0.2) is 17.5 Å². The third-order valence-electron chi connectivity index (χ3n) is 9.74. The number of benzene rings is 8. The summed E-state index contributed by atoms with van der Waals surface area (Å²) in [7, 11) is 0. The molecule has 0 amide bonds. The van der Waals surface area contributed by atoms with E-state index >= 15 is 0 Å². The van der Waals surface area contributed by atoms with Crippen LogP contribution < -0.4 is 0 Å². The van der Waals surface area contributed by atoms with Gasteiger partial charge in [-0.2, -0.15) is 0 Å². The van der Waals surface area contributed by atoms with Crippen molar-refractivity contribution >= 4 is 43.5 Å². The zero-order valence-corrected chi connectivity index (χ0v) is 27.5. The van der Waals surface area contributed by atoms with Gasteiger partial charge in [0.1, 0.15) is 11.2 Å². The fourth-order valence-corrected chi connectivity index (χ4v) is 7.31. The normalized spacial score (nSPS) is 11.5. The maximum atomic E-state index is 6.70. The molecule has 0 unspecified atom stereocenters. The van der Waals surface area contributed by atoms with Gasteiger partial charge in [0, 0.05) is 32.8 Å². The van der Waals surface area contributed by atoms with E-state index < -0.39 is 0 Å². The molecule has 0 bridgehead atoms. The molecule has 10 aromatic rings. The van der Waals surface area contributed by atoms with Gasteiger partial charge >= 0.3 is 0 Å². The molecule has 0 N–H and O–H groups in total. The summed E-state index contributed by atoms with van der Waals surface area (Å²) < 4.78 is 6.70. The van der Waals surface area contributed by atoms with E-state index in [9.17, 15) is 0 Å². The summed E-state index contributed by atoms with van der Waals surface area (Å²) in [4.78, 5) is 15.1. The van der Waals surface area contributed by atoms with E-state index in [0.29, 0.717) is 17.5 Å². The molecule has 0 fully saturated rings. The molecule has 10 rings (SSSR count). The second-order valence-corrected chi connectivity index (χ2v) is 12.8. The third-order valence-corrected chi connectivity index (χ3v) is 9.74. The lowest BCUT2D eigenvalue weighted by atomic mass is 9.92. The van der Waals surface area contributed by atoms with Gasteiger partial charge in [-0.05, 0) is 50.5 Å². The molecule has 4 nitrogen and oxygen atoms in total. The molecule has 0 atom stereocenters. The maximum Gasteiger partial charge on any atom is 0.164 e. The number of fused-ring (bicyclic) bond motifs is 6. The Hall–Kier alpha value is -6.91. The van der Waals surface area contributed by atoms with Gasteiger partial charge in [0.05, 0.1) is 0 Å². The van der Waals surface area contributed by atoms with Crippen LogP contribution in [0.5, 0.6) is 0 Å². The third kappa shape index (κ3) is 4.96. The molecule has 0 saturated heterocycles. The molecule has 0 spiro atoms. The Morgan fingerprint density at radius 1 is 0.333 bits per heavy atom. The molecule has 238 valence electrons. The van der Waals surface area contributed by atoms with E-state index in [1.807, 2.05) is 72.8 Å². The van der Waals surface area contributed by atoms with Crippen molar-refractivity contribution in [2.45, 2.75) is 0 Å². The van der Waals surface area contributed by atoms with Gasteiger partial charge in [0.25, 0.3) is 0 Å². The van der Waals surface area contributed by atoms with Crippen molar-refractivity contribution in [1.82, 2.24) is 15.0 Å². The van der Waals surface area contributed by atoms with Gasteiger partial charge in [-0.25, -0.2) is 15.0 Å². The minimum Gasteiger partial charge on any atom is -0.455 e. The highest BCUT2D eigenvalue weighted by molar-refractivity contribution is 6.22. The zero-order chi connectivity index (χ0) is 33.7. The average Bonchev–Trinajstić information content (AvgIpc) is 3.60. The fraction of sp³-hybridized carbons (Fsp3) is 0. The SMILES string of the molecule is c1ccc(-c2nc(-c3ccccc3)nc(-c3cccc4oc5c6ccccc6c(-c6ccc(-c7cccc8ccccc78)cc6)cc5c34)n2)cc1. The Morgan fingerprint density at radius 2 is 0.863 bits per heavy atom. The van der Waals surface area contributed by atoms with Crippen molar-refractivity contribution in [1.29, 1.82) is 0 Å². The van der Waals surface area contributed by atoms with E-state index in [-0.39, 0.29) is 0 Å². The summed E-state index contributed by atoms with van der Waals surface area (Å²) in [5.41, 5.74) is 9.11. The van der Waals surface area contributed by atoms with Crippen molar-refractivity contribution in [3.8, 4) is 56.4 Å². The monoisotopic (exact) mass is 651 g/mol. The Balaban J connectivity index is 1.18. The number of hydrogen-bond acceptors (Lipinski definition) is 4. The molecular formula is C47H29N3O. The van der Waals surface area contributed by atoms with Crippen LogP contribution in [0.4, 0.5) is 0 Å². The van der Waals surface area contributed by atoms with Crippen molar-refractivity contribution < 1.29 is 4.42 Å². The van der Waals surface area contributed by atoms with Crippen LogP contribution in [0.3, 0.4) is 0 Å². The van der Waals surface area contributed by atoms with Crippen LogP contribution in [0, 0.1) is 0 Å². The first kappa shape index (κ1) is 29.0. The van der Waals surface area contributed by atoms with E-state index in [0.717, 1.165) is 60.5 Å². The van der Waals surface area contributed by atoms with Crippen LogP contribution in [0.2, 0.25) is 0 Å². The molecule has 2 heterocycles. The van der Waals surface area contributed by atoms with E-state index in [1.165, 1.54) is 21.9 Å². The fourth-order valence-electron chi connectivity index (χ4n) is 7.31. The lowest BCUT2D eigenvalue weighted by Crippen LogP contribution is -2.00. The second-order valence-electron chi connectivity index (χ2n) is 12.8. The predicted octanol–water partition coefficient (Wildman–Crippen LogP) is 12.4. The number of hydrogen-bond donors (Lipinski definition) is 0. The van der Waals surface area contributed by atoms with Crippen LogP contribution >= 0.6 is 0 Å². The molecule has 2 aromatic heterocycles. The van der Waals surface area contributed by atoms with Gasteiger partial charge in [-0.15, -0.1) is 0 Å². The molecule has 8 aromatic carbocycles. The van der Waals surface area contributed by atoms with E-state index in [2.05, 4.69) is 103 Å². The summed E-state index contributed by atoms with van der Waals surface area (Å²) >= 11 is 0. The van der Waals surface area contributed by atoms with Crippen molar-refractivity contribution in [3.63, 3.8) is 0 Å². The Kier molecular flexibility index (Phi) is 6.78. The molecule has 4 heteroatoms. The summed E-state index contributed by atoms with van der Waals surface area (Å²) in [6, 6.07) is 61.1. The summed E-state index contributed by atoms with van der Waals surface area (Å²) in [5.74, 6) is 1.86. The highest BCUT2D eigenvalue weighted by Crippen LogP contribution is 2.43. The summed E-state index contributed by atoms with van der Waals surface area (Å²) in [6.07, 6.45) is 0. The zero-order valence-electron chi connectivity index (χ0n) is 27.5. The number of furan rings is 1. The summed E-state index contributed by atoms with van der Waals surface area (Å²) in [5, 5.41) is 6.70.